The molecular weight excluding hydrogens is 518 g/mol. The number of anilines is 3. The van der Waals surface area contributed by atoms with Gasteiger partial charge in [-0.05, 0) is 57.4 Å². The summed E-state index contributed by atoms with van der Waals surface area (Å²) in [5.74, 6) is 0.281. The summed E-state index contributed by atoms with van der Waals surface area (Å²) in [4.78, 5) is 32.0. The number of likely N-dealkylation sites (tertiary alicyclic amines) is 1. The lowest BCUT2D eigenvalue weighted by Crippen LogP contribution is -2.34. The molecule has 2 aromatic carbocycles. The topological polar surface area (TPSA) is 127 Å². The number of nitrogens with zero attached hydrogens (tertiary/aromatic N) is 4. The van der Waals surface area contributed by atoms with Crippen LogP contribution in [0, 0.1) is 0 Å². The molecule has 1 aliphatic rings. The Balaban J connectivity index is 1.42. The molecular formula is C31H35N7O3. The summed E-state index contributed by atoms with van der Waals surface area (Å²) < 4.78 is 7.00. The second kappa shape index (κ2) is 11.3. The van der Waals surface area contributed by atoms with Crippen LogP contribution in [0.1, 0.15) is 55.6 Å². The van der Waals surface area contributed by atoms with Crippen molar-refractivity contribution >= 4 is 29.1 Å². The van der Waals surface area contributed by atoms with Gasteiger partial charge in [0.15, 0.2) is 0 Å². The van der Waals surface area contributed by atoms with E-state index in [1.807, 2.05) is 68.1 Å². The Morgan fingerprint density at radius 3 is 2.41 bits per heavy atom. The Labute approximate surface area is 239 Å². The molecule has 212 valence electrons. The molecule has 10 nitrogen and oxygen atoms in total. The van der Waals surface area contributed by atoms with Gasteiger partial charge in [-0.25, -0.2) is 14.5 Å². The van der Waals surface area contributed by atoms with E-state index >= 15 is 0 Å². The molecule has 3 amide bonds. The van der Waals surface area contributed by atoms with Crippen LogP contribution in [-0.4, -0.2) is 45.3 Å². The number of amides is 3. The highest BCUT2D eigenvalue weighted by molar-refractivity contribution is 6.04. The van der Waals surface area contributed by atoms with E-state index < -0.39 is 11.4 Å². The highest BCUT2D eigenvalue weighted by atomic mass is 16.5. The molecule has 3 heterocycles. The Morgan fingerprint density at radius 1 is 1.02 bits per heavy atom. The van der Waals surface area contributed by atoms with Crippen molar-refractivity contribution in [2.75, 3.05) is 24.3 Å². The van der Waals surface area contributed by atoms with Gasteiger partial charge < -0.3 is 26.0 Å². The van der Waals surface area contributed by atoms with E-state index in [0.29, 0.717) is 40.9 Å². The maximum atomic E-state index is 13.2. The zero-order chi connectivity index (χ0) is 29.1. The number of hydrogen-bond acceptors (Lipinski definition) is 6. The molecule has 1 fully saturated rings. The van der Waals surface area contributed by atoms with Crippen molar-refractivity contribution in [2.45, 2.75) is 45.2 Å². The predicted molar refractivity (Wildman–Crippen MR) is 159 cm³/mol. The smallest absolute Gasteiger partial charge is 0.322 e. The van der Waals surface area contributed by atoms with Crippen LogP contribution in [-0.2, 0) is 5.54 Å². The highest BCUT2D eigenvalue weighted by Crippen LogP contribution is 2.36. The number of urea groups is 1. The average molecular weight is 554 g/mol. The standard InChI is InChI=1S/C31H35N7O3/c1-31(2,3)38-29(34-23-16-17-33-25(19-23)41-4)26(28(32)39)27(36-38)21-12-14-22(15-13-21)35-30(40)37-18-8-11-24(37)20-9-6-5-7-10-20/h5-7,9-10,12-17,19,24H,8,11,18H2,1-4H3,(H2,32,39)(H,33,34)(H,35,40)/t24-/m0/s1. The maximum absolute atomic E-state index is 13.2. The number of nitrogens with one attached hydrogen (secondary N) is 2. The molecule has 0 aliphatic carbocycles. The third-order valence-electron chi connectivity index (χ3n) is 7.08. The minimum atomic E-state index is -0.614. The summed E-state index contributed by atoms with van der Waals surface area (Å²) in [6.07, 6.45) is 3.51. The lowest BCUT2D eigenvalue weighted by Gasteiger charge is -2.25. The van der Waals surface area contributed by atoms with Crippen molar-refractivity contribution in [3.05, 3.63) is 84.1 Å². The van der Waals surface area contributed by atoms with Crippen LogP contribution < -0.4 is 21.1 Å². The molecule has 2 aromatic heterocycles. The minimum Gasteiger partial charge on any atom is -0.481 e. The number of nitrogens with two attached hydrogens (primary N) is 1. The lowest BCUT2D eigenvalue weighted by atomic mass is 10.0. The van der Waals surface area contributed by atoms with Crippen LogP contribution in [0.3, 0.4) is 0 Å². The second-order valence-electron chi connectivity index (χ2n) is 11.0. The number of primary amides is 1. The van der Waals surface area contributed by atoms with Gasteiger partial charge in [-0.2, -0.15) is 5.10 Å². The van der Waals surface area contributed by atoms with Gasteiger partial charge >= 0.3 is 6.03 Å². The lowest BCUT2D eigenvalue weighted by molar-refractivity contribution is 0.100. The first-order valence-corrected chi connectivity index (χ1v) is 13.6. The Bertz CT molecular complexity index is 1540. The summed E-state index contributed by atoms with van der Waals surface area (Å²) >= 11 is 0. The fourth-order valence-electron chi connectivity index (χ4n) is 5.13. The van der Waals surface area contributed by atoms with Gasteiger partial charge in [-0.15, -0.1) is 0 Å². The van der Waals surface area contributed by atoms with E-state index in [1.165, 1.54) is 7.11 Å². The van der Waals surface area contributed by atoms with E-state index in [2.05, 4.69) is 27.8 Å². The van der Waals surface area contributed by atoms with Crippen LogP contribution in [0.25, 0.3) is 11.3 Å². The molecule has 1 atom stereocenters. The van der Waals surface area contributed by atoms with Crippen molar-refractivity contribution in [3.8, 4) is 17.1 Å². The van der Waals surface area contributed by atoms with Crippen molar-refractivity contribution in [1.82, 2.24) is 19.7 Å². The first-order chi connectivity index (χ1) is 19.7. The number of methoxy groups -OCH3 is 1. The van der Waals surface area contributed by atoms with E-state index in [0.717, 1.165) is 18.4 Å². The zero-order valence-electron chi connectivity index (χ0n) is 23.7. The van der Waals surface area contributed by atoms with Crippen molar-refractivity contribution in [3.63, 3.8) is 0 Å². The number of rotatable bonds is 7. The summed E-state index contributed by atoms with van der Waals surface area (Å²) in [7, 11) is 1.54. The van der Waals surface area contributed by atoms with Gasteiger partial charge in [0.1, 0.15) is 17.1 Å². The third kappa shape index (κ3) is 5.86. The maximum Gasteiger partial charge on any atom is 0.322 e. The van der Waals surface area contributed by atoms with Gasteiger partial charge in [0.05, 0.1) is 18.7 Å². The molecule has 5 rings (SSSR count). The first-order valence-electron chi connectivity index (χ1n) is 13.6. The quantitative estimate of drug-likeness (QED) is 0.261. The second-order valence-corrected chi connectivity index (χ2v) is 11.0. The van der Waals surface area contributed by atoms with Crippen LogP contribution in [0.4, 0.5) is 22.0 Å². The molecule has 0 bridgehead atoms. The van der Waals surface area contributed by atoms with E-state index in [1.54, 1.807) is 23.0 Å². The van der Waals surface area contributed by atoms with Crippen molar-refractivity contribution < 1.29 is 14.3 Å². The zero-order valence-corrected chi connectivity index (χ0v) is 23.7. The van der Waals surface area contributed by atoms with Gasteiger partial charge in [0, 0.05) is 35.7 Å². The minimum absolute atomic E-state index is 0.0567. The Morgan fingerprint density at radius 2 is 1.76 bits per heavy atom. The van der Waals surface area contributed by atoms with Gasteiger partial charge in [-0.3, -0.25) is 4.79 Å². The molecule has 0 spiro atoms. The Kier molecular flexibility index (Phi) is 7.65. The number of aromatic nitrogens is 3. The van der Waals surface area contributed by atoms with Gasteiger partial charge in [0.25, 0.3) is 5.91 Å². The van der Waals surface area contributed by atoms with Crippen LogP contribution in [0.5, 0.6) is 5.88 Å². The average Bonchev–Trinajstić information content (AvgIpc) is 3.60. The summed E-state index contributed by atoms with van der Waals surface area (Å²) in [6.45, 7) is 6.68. The fourth-order valence-corrected chi connectivity index (χ4v) is 5.13. The fraction of sp³-hybridized carbons (Fsp3) is 0.290. The predicted octanol–water partition coefficient (Wildman–Crippen LogP) is 5.92. The summed E-state index contributed by atoms with van der Waals surface area (Å²) in [5, 5.41) is 11.1. The van der Waals surface area contributed by atoms with Crippen LogP contribution in [0.15, 0.2) is 72.9 Å². The highest BCUT2D eigenvalue weighted by Gasteiger charge is 2.31. The van der Waals surface area contributed by atoms with E-state index in [9.17, 15) is 9.59 Å². The Hall–Kier alpha value is -4.86. The molecule has 0 radical (unpaired) electrons. The summed E-state index contributed by atoms with van der Waals surface area (Å²) in [5.41, 5.74) is 9.29. The summed E-state index contributed by atoms with van der Waals surface area (Å²) in [6, 6.07) is 20.8. The molecule has 41 heavy (non-hydrogen) atoms. The van der Waals surface area contributed by atoms with Gasteiger partial charge in [-0.1, -0.05) is 42.5 Å². The largest absolute Gasteiger partial charge is 0.481 e. The third-order valence-corrected chi connectivity index (χ3v) is 7.08. The normalized spacial score (nSPS) is 15.0. The van der Waals surface area contributed by atoms with Gasteiger partial charge in [0.2, 0.25) is 5.88 Å². The molecule has 1 aliphatic heterocycles. The molecule has 4 N–H and O–H groups in total. The van der Waals surface area contributed by atoms with E-state index in [-0.39, 0.29) is 17.6 Å². The number of hydrogen-bond donors (Lipinski definition) is 3. The number of carbonyl (C=O) groups is 2. The van der Waals surface area contributed by atoms with Crippen molar-refractivity contribution in [2.24, 2.45) is 5.73 Å². The molecule has 0 unspecified atom stereocenters. The molecule has 0 saturated carbocycles. The first kappa shape index (κ1) is 27.7. The van der Waals surface area contributed by atoms with Crippen molar-refractivity contribution in [1.29, 1.82) is 0 Å². The van der Waals surface area contributed by atoms with Crippen LogP contribution in [0.2, 0.25) is 0 Å². The number of benzene rings is 2. The number of pyridine rings is 1. The monoisotopic (exact) mass is 553 g/mol. The van der Waals surface area contributed by atoms with E-state index in [4.69, 9.17) is 15.6 Å². The molecule has 4 aromatic rings. The van der Waals surface area contributed by atoms with Crippen LogP contribution >= 0.6 is 0 Å². The molecule has 1 saturated heterocycles. The number of carbonyl (C=O) groups excluding carboxylic acids is 2. The SMILES string of the molecule is COc1cc(Nc2c(C(N)=O)c(-c3ccc(NC(=O)N4CCC[C@H]4c4ccccc4)cc3)nn2C(C)(C)C)ccn1. The molecule has 10 heteroatoms. The number of ether oxygens (including phenoxy) is 1.